The second-order valence-corrected chi connectivity index (χ2v) is 6.09. The molecular weight excluding hydrogens is 356 g/mol. The Kier molecular flexibility index (Phi) is 5.12. The van der Waals surface area contributed by atoms with Crippen LogP contribution in [-0.4, -0.2) is 21.9 Å². The van der Waals surface area contributed by atoms with Crippen molar-refractivity contribution >= 4 is 23.2 Å². The third kappa shape index (κ3) is 3.76. The van der Waals surface area contributed by atoms with Crippen molar-refractivity contribution in [2.45, 2.75) is 19.4 Å². The molecule has 0 radical (unpaired) electrons. The first kappa shape index (κ1) is 18.4. The van der Waals surface area contributed by atoms with Crippen molar-refractivity contribution in [2.75, 3.05) is 0 Å². The van der Waals surface area contributed by atoms with E-state index in [9.17, 15) is 28.3 Å². The first-order valence-corrected chi connectivity index (χ1v) is 8.17. The van der Waals surface area contributed by atoms with Gasteiger partial charge in [-0.1, -0.05) is 18.2 Å². The summed E-state index contributed by atoms with van der Waals surface area (Å²) in [6.45, 7) is -0.430. The molecule has 0 amide bonds. The molecule has 5 nitrogen and oxygen atoms in total. The standard InChI is InChI=1S/C20H15F2NO4/c21-16-3-1-2-13(20(16)22)5-6-14-9-18(25)15-7-4-12(11-24)8-17(15)23(14)10-19(26)27/h1-4,7-9,11H,5-6,10H2,(H,26,27). The predicted molar refractivity (Wildman–Crippen MR) is 95.0 cm³/mol. The molecular formula is C20H15F2NO4. The molecule has 7 heteroatoms. The summed E-state index contributed by atoms with van der Waals surface area (Å²) in [7, 11) is 0. The van der Waals surface area contributed by atoms with Gasteiger partial charge in [0.25, 0.3) is 0 Å². The van der Waals surface area contributed by atoms with Crippen LogP contribution in [0.4, 0.5) is 8.78 Å². The Balaban J connectivity index is 2.10. The van der Waals surface area contributed by atoms with Crippen LogP contribution in [0.1, 0.15) is 21.6 Å². The first-order chi connectivity index (χ1) is 12.9. The van der Waals surface area contributed by atoms with Crippen LogP contribution in [-0.2, 0) is 24.2 Å². The lowest BCUT2D eigenvalue weighted by atomic mass is 10.0. The number of benzene rings is 2. The number of aryl methyl sites for hydroxylation is 2. The van der Waals surface area contributed by atoms with Crippen LogP contribution < -0.4 is 5.43 Å². The van der Waals surface area contributed by atoms with Gasteiger partial charge in [-0.25, -0.2) is 8.78 Å². The lowest BCUT2D eigenvalue weighted by Crippen LogP contribution is -2.19. The summed E-state index contributed by atoms with van der Waals surface area (Å²) in [6, 6.07) is 9.51. The highest BCUT2D eigenvalue weighted by atomic mass is 19.2. The van der Waals surface area contributed by atoms with Gasteiger partial charge >= 0.3 is 5.97 Å². The molecule has 0 spiro atoms. The van der Waals surface area contributed by atoms with E-state index in [1.54, 1.807) is 0 Å². The number of rotatable bonds is 6. The quantitative estimate of drug-likeness (QED) is 0.676. The van der Waals surface area contributed by atoms with Gasteiger partial charge in [0.15, 0.2) is 17.1 Å². The summed E-state index contributed by atoms with van der Waals surface area (Å²) in [4.78, 5) is 34.7. The summed E-state index contributed by atoms with van der Waals surface area (Å²) < 4.78 is 28.6. The Bertz CT molecular complexity index is 1110. The number of aromatic nitrogens is 1. The second-order valence-electron chi connectivity index (χ2n) is 6.09. The summed E-state index contributed by atoms with van der Waals surface area (Å²) in [5.74, 6) is -3.06. The van der Waals surface area contributed by atoms with E-state index in [1.807, 2.05) is 0 Å². The number of aliphatic carboxylic acids is 1. The number of carboxylic acids is 1. The highest BCUT2D eigenvalue weighted by molar-refractivity contribution is 5.87. The molecule has 2 aromatic carbocycles. The number of carbonyl (C=O) groups is 2. The first-order valence-electron chi connectivity index (χ1n) is 8.17. The third-order valence-electron chi connectivity index (χ3n) is 4.33. The molecule has 0 aliphatic heterocycles. The molecule has 0 saturated carbocycles. The van der Waals surface area contributed by atoms with Gasteiger partial charge in [-0.3, -0.25) is 14.4 Å². The highest BCUT2D eigenvalue weighted by Gasteiger charge is 2.14. The number of carbonyl (C=O) groups excluding carboxylic acids is 1. The number of hydrogen-bond acceptors (Lipinski definition) is 3. The number of nitrogens with zero attached hydrogens (tertiary/aromatic N) is 1. The second kappa shape index (κ2) is 7.49. The molecule has 0 aliphatic rings. The molecule has 1 heterocycles. The molecule has 0 aliphatic carbocycles. The highest BCUT2D eigenvalue weighted by Crippen LogP contribution is 2.18. The van der Waals surface area contributed by atoms with E-state index in [4.69, 9.17) is 0 Å². The van der Waals surface area contributed by atoms with E-state index in [2.05, 4.69) is 0 Å². The zero-order valence-corrected chi connectivity index (χ0v) is 14.1. The Morgan fingerprint density at radius 2 is 1.89 bits per heavy atom. The van der Waals surface area contributed by atoms with E-state index in [0.29, 0.717) is 23.1 Å². The van der Waals surface area contributed by atoms with Crippen LogP contribution in [0.25, 0.3) is 10.9 Å². The number of halogens is 2. The SMILES string of the molecule is O=Cc1ccc2c(=O)cc(CCc3cccc(F)c3F)n(CC(=O)O)c2c1. The zero-order chi connectivity index (χ0) is 19.6. The van der Waals surface area contributed by atoms with Crippen LogP contribution in [0, 0.1) is 11.6 Å². The van der Waals surface area contributed by atoms with Gasteiger partial charge in [-0.05, 0) is 36.6 Å². The zero-order valence-electron chi connectivity index (χ0n) is 14.1. The van der Waals surface area contributed by atoms with Gasteiger partial charge in [0.1, 0.15) is 12.8 Å². The molecule has 0 atom stereocenters. The number of hydrogen-bond donors (Lipinski definition) is 1. The predicted octanol–water partition coefficient (Wildman–Crippen LogP) is 2.96. The summed E-state index contributed by atoms with van der Waals surface area (Å²) in [5.41, 5.74) is 0.769. The number of aldehydes is 1. The van der Waals surface area contributed by atoms with Crippen molar-refractivity contribution in [3.8, 4) is 0 Å². The van der Waals surface area contributed by atoms with Gasteiger partial charge in [-0.15, -0.1) is 0 Å². The monoisotopic (exact) mass is 371 g/mol. The lowest BCUT2D eigenvalue weighted by molar-refractivity contribution is -0.137. The number of pyridine rings is 1. The smallest absolute Gasteiger partial charge is 0.323 e. The van der Waals surface area contributed by atoms with Crippen molar-refractivity contribution in [1.82, 2.24) is 4.57 Å². The molecule has 3 aromatic rings. The van der Waals surface area contributed by atoms with Crippen molar-refractivity contribution < 1.29 is 23.5 Å². The van der Waals surface area contributed by atoms with Crippen LogP contribution in [0.5, 0.6) is 0 Å². The largest absolute Gasteiger partial charge is 0.480 e. The maximum absolute atomic E-state index is 13.9. The molecule has 0 unspecified atom stereocenters. The molecule has 1 N–H and O–H groups in total. The Morgan fingerprint density at radius 3 is 2.59 bits per heavy atom. The van der Waals surface area contributed by atoms with Crippen LogP contribution in [0.3, 0.4) is 0 Å². The van der Waals surface area contributed by atoms with Gasteiger partial charge in [0.2, 0.25) is 0 Å². The van der Waals surface area contributed by atoms with Crippen molar-refractivity contribution in [1.29, 1.82) is 0 Å². The molecule has 0 bridgehead atoms. The van der Waals surface area contributed by atoms with Crippen molar-refractivity contribution in [3.05, 3.63) is 81.1 Å². The van der Waals surface area contributed by atoms with Crippen LogP contribution >= 0.6 is 0 Å². The molecule has 1 aromatic heterocycles. The van der Waals surface area contributed by atoms with E-state index in [1.165, 1.54) is 41.0 Å². The Morgan fingerprint density at radius 1 is 1.11 bits per heavy atom. The molecule has 27 heavy (non-hydrogen) atoms. The van der Waals surface area contributed by atoms with E-state index in [-0.39, 0.29) is 29.2 Å². The van der Waals surface area contributed by atoms with Crippen LogP contribution in [0.2, 0.25) is 0 Å². The summed E-state index contributed by atoms with van der Waals surface area (Å²) in [6.07, 6.45) is 0.815. The Hall–Kier alpha value is -3.35. The average Bonchev–Trinajstić information content (AvgIpc) is 2.65. The number of fused-ring (bicyclic) bond motifs is 1. The fourth-order valence-electron chi connectivity index (χ4n) is 3.05. The third-order valence-corrected chi connectivity index (χ3v) is 4.33. The van der Waals surface area contributed by atoms with Gasteiger partial charge < -0.3 is 9.67 Å². The molecule has 0 fully saturated rings. The fraction of sp³-hybridized carbons (Fsp3) is 0.150. The molecule has 138 valence electrons. The van der Waals surface area contributed by atoms with Crippen molar-refractivity contribution in [2.24, 2.45) is 0 Å². The Labute approximate surface area is 152 Å². The average molecular weight is 371 g/mol. The summed E-state index contributed by atoms with van der Waals surface area (Å²) in [5, 5.41) is 9.51. The maximum Gasteiger partial charge on any atom is 0.323 e. The van der Waals surface area contributed by atoms with Crippen molar-refractivity contribution in [3.63, 3.8) is 0 Å². The van der Waals surface area contributed by atoms with Crippen LogP contribution in [0.15, 0.2) is 47.3 Å². The maximum atomic E-state index is 13.9. The number of carboxylic acid groups (broad SMARTS) is 1. The normalized spacial score (nSPS) is 10.9. The minimum atomic E-state index is -1.13. The topological polar surface area (TPSA) is 76.4 Å². The van der Waals surface area contributed by atoms with E-state index < -0.39 is 24.1 Å². The summed E-state index contributed by atoms with van der Waals surface area (Å²) >= 11 is 0. The fourth-order valence-corrected chi connectivity index (χ4v) is 3.05. The molecule has 3 rings (SSSR count). The van der Waals surface area contributed by atoms with Gasteiger partial charge in [-0.2, -0.15) is 0 Å². The van der Waals surface area contributed by atoms with Gasteiger partial charge in [0, 0.05) is 22.7 Å². The minimum absolute atomic E-state index is 0.0849. The molecule has 0 saturated heterocycles. The van der Waals surface area contributed by atoms with E-state index >= 15 is 0 Å². The minimum Gasteiger partial charge on any atom is -0.480 e. The lowest BCUT2D eigenvalue weighted by Gasteiger charge is -2.16. The van der Waals surface area contributed by atoms with E-state index in [0.717, 1.165) is 6.07 Å². The van der Waals surface area contributed by atoms with Gasteiger partial charge in [0.05, 0.1) is 5.52 Å².